The minimum atomic E-state index is -0.0643. The number of nitrogens with two attached hydrogens (primary N) is 1. The van der Waals surface area contributed by atoms with E-state index < -0.39 is 0 Å². The van der Waals surface area contributed by atoms with Crippen molar-refractivity contribution in [3.63, 3.8) is 0 Å². The Balaban J connectivity index is 1.81. The van der Waals surface area contributed by atoms with Crippen LogP contribution in [0.4, 0.5) is 0 Å². The molecule has 5 heteroatoms. The normalized spacial score (nSPS) is 23.4. The average molecular weight is 321 g/mol. The van der Waals surface area contributed by atoms with E-state index in [1.807, 2.05) is 23.1 Å². The number of carbonyl (C=O) groups excluding carboxylic acids is 1. The van der Waals surface area contributed by atoms with Crippen molar-refractivity contribution in [3.05, 3.63) is 34.4 Å². The highest BCUT2D eigenvalue weighted by molar-refractivity contribution is 6.30. The van der Waals surface area contributed by atoms with Gasteiger partial charge in [-0.1, -0.05) is 25.4 Å². The third kappa shape index (κ3) is 2.85. The van der Waals surface area contributed by atoms with E-state index in [9.17, 15) is 4.79 Å². The molecule has 2 N–H and O–H groups in total. The Kier molecular flexibility index (Phi) is 3.91. The van der Waals surface area contributed by atoms with Crippen molar-refractivity contribution in [1.29, 1.82) is 0 Å². The zero-order chi connectivity index (χ0) is 15.9. The second kappa shape index (κ2) is 5.60. The summed E-state index contributed by atoms with van der Waals surface area (Å²) in [6, 6.07) is 5.57. The van der Waals surface area contributed by atoms with Gasteiger partial charge in [0, 0.05) is 29.7 Å². The number of hydrogen-bond acceptors (Lipinski definition) is 3. The number of ether oxygens (including phenoxy) is 1. The van der Waals surface area contributed by atoms with Crippen LogP contribution in [0.2, 0.25) is 5.02 Å². The van der Waals surface area contributed by atoms with Crippen LogP contribution in [0.15, 0.2) is 23.8 Å². The molecule has 22 heavy (non-hydrogen) atoms. The first kappa shape index (κ1) is 15.4. The minimum Gasteiger partial charge on any atom is -0.488 e. The second-order valence-corrected chi connectivity index (χ2v) is 7.19. The van der Waals surface area contributed by atoms with Gasteiger partial charge in [-0.25, -0.2) is 0 Å². The van der Waals surface area contributed by atoms with E-state index in [0.717, 1.165) is 17.7 Å². The maximum atomic E-state index is 12.7. The Morgan fingerprint density at radius 3 is 2.95 bits per heavy atom. The molecule has 2 aliphatic heterocycles. The summed E-state index contributed by atoms with van der Waals surface area (Å²) in [7, 11) is 0. The highest BCUT2D eigenvalue weighted by atomic mass is 35.5. The van der Waals surface area contributed by atoms with Gasteiger partial charge in [-0.2, -0.15) is 0 Å². The zero-order valence-corrected chi connectivity index (χ0v) is 13.7. The molecule has 118 valence electrons. The molecule has 1 aromatic carbocycles. The fourth-order valence-corrected chi connectivity index (χ4v) is 3.20. The molecule has 2 aliphatic rings. The molecule has 2 heterocycles. The number of likely N-dealkylation sites (tertiary alicyclic amines) is 1. The third-order valence-electron chi connectivity index (χ3n) is 4.56. The molecule has 1 aromatic rings. The van der Waals surface area contributed by atoms with Crippen LogP contribution in [0.25, 0.3) is 6.08 Å². The van der Waals surface area contributed by atoms with E-state index >= 15 is 0 Å². The van der Waals surface area contributed by atoms with E-state index in [1.165, 1.54) is 0 Å². The van der Waals surface area contributed by atoms with Crippen LogP contribution in [-0.4, -0.2) is 36.5 Å². The first-order chi connectivity index (χ1) is 10.4. The van der Waals surface area contributed by atoms with Gasteiger partial charge in [0.15, 0.2) is 0 Å². The fourth-order valence-electron chi connectivity index (χ4n) is 3.02. The minimum absolute atomic E-state index is 0.0330. The molecule has 4 nitrogen and oxygen atoms in total. The Bertz CT molecular complexity index is 640. The van der Waals surface area contributed by atoms with Crippen molar-refractivity contribution in [2.45, 2.75) is 26.3 Å². The number of benzene rings is 1. The van der Waals surface area contributed by atoms with E-state index in [1.54, 1.807) is 6.07 Å². The van der Waals surface area contributed by atoms with Gasteiger partial charge < -0.3 is 15.4 Å². The zero-order valence-electron chi connectivity index (χ0n) is 12.9. The van der Waals surface area contributed by atoms with E-state index in [2.05, 4.69) is 13.8 Å². The van der Waals surface area contributed by atoms with Gasteiger partial charge in [0.2, 0.25) is 0 Å². The predicted molar refractivity (Wildman–Crippen MR) is 87.9 cm³/mol. The highest BCUT2D eigenvalue weighted by Gasteiger charge is 2.36. The molecule has 0 spiro atoms. The number of hydrogen-bond donors (Lipinski definition) is 1. The van der Waals surface area contributed by atoms with Gasteiger partial charge in [0.1, 0.15) is 12.4 Å². The van der Waals surface area contributed by atoms with Gasteiger partial charge in [-0.3, -0.25) is 4.79 Å². The third-order valence-corrected chi connectivity index (χ3v) is 4.79. The monoisotopic (exact) mass is 320 g/mol. The predicted octanol–water partition coefficient (Wildman–Crippen LogP) is 2.70. The van der Waals surface area contributed by atoms with Gasteiger partial charge >= 0.3 is 0 Å². The van der Waals surface area contributed by atoms with Crippen molar-refractivity contribution in [2.75, 3.05) is 19.7 Å². The number of nitrogens with zero attached hydrogens (tertiary/aromatic N) is 1. The second-order valence-electron chi connectivity index (χ2n) is 6.75. The summed E-state index contributed by atoms with van der Waals surface area (Å²) in [4.78, 5) is 14.6. The number of rotatable bonds is 1. The lowest BCUT2D eigenvalue weighted by molar-refractivity contribution is -0.130. The number of fused-ring (bicyclic) bond motifs is 1. The molecule has 0 saturated carbocycles. The number of amides is 1. The van der Waals surface area contributed by atoms with E-state index in [4.69, 9.17) is 22.1 Å². The lowest BCUT2D eigenvalue weighted by Gasteiger charge is -2.43. The van der Waals surface area contributed by atoms with Crippen LogP contribution in [0.5, 0.6) is 5.75 Å². The lowest BCUT2D eigenvalue weighted by Crippen LogP contribution is -2.54. The first-order valence-corrected chi connectivity index (χ1v) is 7.92. The Morgan fingerprint density at radius 1 is 1.45 bits per heavy atom. The molecule has 0 aromatic heterocycles. The van der Waals surface area contributed by atoms with Gasteiger partial charge in [-0.15, -0.1) is 0 Å². The molecule has 1 amide bonds. The lowest BCUT2D eigenvalue weighted by atomic mass is 9.79. The van der Waals surface area contributed by atoms with Crippen LogP contribution in [-0.2, 0) is 4.79 Å². The topological polar surface area (TPSA) is 55.6 Å². The standard InChI is InChI=1S/C17H21ClN2O2/c1-17(2)10-20(6-5-15(17)19)16(21)12-7-11-8-13(18)3-4-14(11)22-9-12/h3-4,7-8,15H,5-6,9-10,19H2,1-2H3. The molecule has 0 radical (unpaired) electrons. The van der Waals surface area contributed by atoms with E-state index in [-0.39, 0.29) is 17.4 Å². The van der Waals surface area contributed by atoms with Crippen molar-refractivity contribution in [1.82, 2.24) is 4.90 Å². The summed E-state index contributed by atoms with van der Waals surface area (Å²) in [5.41, 5.74) is 7.60. The van der Waals surface area contributed by atoms with Gasteiger partial charge in [-0.05, 0) is 36.1 Å². The highest BCUT2D eigenvalue weighted by Crippen LogP contribution is 2.32. The summed E-state index contributed by atoms with van der Waals surface area (Å²) in [5, 5.41) is 0.636. The largest absolute Gasteiger partial charge is 0.488 e. The molecule has 3 rings (SSSR count). The SMILES string of the molecule is CC1(C)CN(C(=O)C2=Cc3cc(Cl)ccc3OC2)CCC1N. The van der Waals surface area contributed by atoms with Crippen LogP contribution in [0.3, 0.4) is 0 Å². The molecule has 0 bridgehead atoms. The average Bonchev–Trinajstić information content (AvgIpc) is 2.48. The van der Waals surface area contributed by atoms with Crippen LogP contribution >= 0.6 is 11.6 Å². The summed E-state index contributed by atoms with van der Waals surface area (Å²) in [6.07, 6.45) is 2.71. The molecule has 1 saturated heterocycles. The van der Waals surface area contributed by atoms with Crippen molar-refractivity contribution < 1.29 is 9.53 Å². The Labute approximate surface area is 135 Å². The summed E-state index contributed by atoms with van der Waals surface area (Å²) in [5.74, 6) is 0.799. The maximum Gasteiger partial charge on any atom is 0.253 e. The number of piperidine rings is 1. The molecular formula is C17H21ClN2O2. The molecule has 1 atom stereocenters. The Hall–Kier alpha value is -1.52. The van der Waals surface area contributed by atoms with Crippen molar-refractivity contribution in [3.8, 4) is 5.75 Å². The Morgan fingerprint density at radius 2 is 2.23 bits per heavy atom. The number of carbonyl (C=O) groups is 1. The van der Waals surface area contributed by atoms with Crippen LogP contribution in [0.1, 0.15) is 25.8 Å². The quantitative estimate of drug-likeness (QED) is 0.865. The fraction of sp³-hybridized carbons (Fsp3) is 0.471. The van der Waals surface area contributed by atoms with Gasteiger partial charge in [0.25, 0.3) is 5.91 Å². The summed E-state index contributed by atoms with van der Waals surface area (Å²) >= 11 is 6.01. The molecule has 0 aliphatic carbocycles. The summed E-state index contributed by atoms with van der Waals surface area (Å²) in [6.45, 7) is 5.89. The first-order valence-electron chi connectivity index (χ1n) is 7.54. The van der Waals surface area contributed by atoms with Gasteiger partial charge in [0.05, 0.1) is 5.57 Å². The summed E-state index contributed by atoms with van der Waals surface area (Å²) < 4.78 is 5.68. The van der Waals surface area contributed by atoms with E-state index in [0.29, 0.717) is 30.3 Å². The smallest absolute Gasteiger partial charge is 0.253 e. The molecule has 1 fully saturated rings. The molecule has 1 unspecified atom stereocenters. The van der Waals surface area contributed by atoms with Crippen molar-refractivity contribution in [2.24, 2.45) is 11.1 Å². The maximum absolute atomic E-state index is 12.7. The van der Waals surface area contributed by atoms with Crippen LogP contribution in [0, 0.1) is 5.41 Å². The number of halogens is 1. The van der Waals surface area contributed by atoms with Crippen LogP contribution < -0.4 is 10.5 Å². The molecular weight excluding hydrogens is 300 g/mol. The van der Waals surface area contributed by atoms with Crippen molar-refractivity contribution >= 4 is 23.6 Å².